The van der Waals surface area contributed by atoms with E-state index in [0.29, 0.717) is 13.2 Å². The van der Waals surface area contributed by atoms with Gasteiger partial charge in [0.15, 0.2) is 0 Å². The van der Waals surface area contributed by atoms with Crippen LogP contribution in [0.1, 0.15) is 19.8 Å². The smallest absolute Gasteiger partial charge is 0.0700 e. The first kappa shape index (κ1) is 17.6. The van der Waals surface area contributed by atoms with Crippen molar-refractivity contribution in [1.29, 1.82) is 0 Å². The predicted octanol–water partition coefficient (Wildman–Crippen LogP) is 1.86. The predicted molar refractivity (Wildman–Crippen MR) is 75.0 cm³/mol. The van der Waals surface area contributed by atoms with E-state index in [2.05, 4.69) is 18.8 Å². The summed E-state index contributed by atoms with van der Waals surface area (Å²) in [6.45, 7) is 10.8. The molecule has 0 rings (SSSR count). The molecule has 1 N–H and O–H groups in total. The minimum atomic E-state index is 0.123. The topological polar surface area (TPSA) is 39.7 Å². The number of rotatable bonds is 13. The maximum absolute atomic E-state index is 5.46. The van der Waals surface area contributed by atoms with Crippen molar-refractivity contribution in [2.24, 2.45) is 5.41 Å². The normalized spacial score (nSPS) is 14.4. The van der Waals surface area contributed by atoms with Gasteiger partial charge in [-0.25, -0.2) is 0 Å². The van der Waals surface area contributed by atoms with Crippen molar-refractivity contribution in [2.45, 2.75) is 19.8 Å². The zero-order valence-electron chi connectivity index (χ0n) is 12.2. The molecule has 0 aromatic rings. The molecule has 0 aliphatic heterocycles. The molecule has 0 aliphatic rings. The molecule has 0 heterocycles. The number of nitrogens with one attached hydrogen (secondary N) is 1. The molecular weight excluding hydrogens is 230 g/mol. The lowest BCUT2D eigenvalue weighted by atomic mass is 9.85. The van der Waals surface area contributed by atoms with Gasteiger partial charge in [-0.15, -0.1) is 6.58 Å². The summed E-state index contributed by atoms with van der Waals surface area (Å²) >= 11 is 0. The van der Waals surface area contributed by atoms with Crippen LogP contribution < -0.4 is 5.32 Å². The molecule has 0 aromatic carbocycles. The number of hydrogen-bond donors (Lipinski definition) is 1. The molecular formula is C14H29NO3. The van der Waals surface area contributed by atoms with Gasteiger partial charge in [-0.05, 0) is 18.3 Å². The number of ether oxygens (including phenoxy) is 3. The van der Waals surface area contributed by atoms with Crippen LogP contribution in [0.3, 0.4) is 0 Å². The molecule has 108 valence electrons. The van der Waals surface area contributed by atoms with Gasteiger partial charge in [0, 0.05) is 33.9 Å². The fourth-order valence-electron chi connectivity index (χ4n) is 1.63. The molecule has 0 aromatic heterocycles. The van der Waals surface area contributed by atoms with Gasteiger partial charge in [0.05, 0.1) is 19.8 Å². The van der Waals surface area contributed by atoms with Gasteiger partial charge in [0.1, 0.15) is 0 Å². The summed E-state index contributed by atoms with van der Waals surface area (Å²) < 4.78 is 15.4. The lowest BCUT2D eigenvalue weighted by molar-refractivity contribution is 0.0658. The summed E-state index contributed by atoms with van der Waals surface area (Å²) in [5.41, 5.74) is 0.123. The minimum absolute atomic E-state index is 0.123. The van der Waals surface area contributed by atoms with Gasteiger partial charge < -0.3 is 19.5 Å². The molecule has 0 radical (unpaired) electrons. The molecule has 4 nitrogen and oxygen atoms in total. The van der Waals surface area contributed by atoms with E-state index < -0.39 is 0 Å². The van der Waals surface area contributed by atoms with Crippen LogP contribution in [0.25, 0.3) is 0 Å². The Balaban J connectivity index is 3.62. The van der Waals surface area contributed by atoms with Crippen LogP contribution in [0, 0.1) is 5.41 Å². The highest BCUT2D eigenvalue weighted by Gasteiger charge is 2.18. The molecule has 18 heavy (non-hydrogen) atoms. The fourth-order valence-corrected chi connectivity index (χ4v) is 1.63. The van der Waals surface area contributed by atoms with Crippen LogP contribution in [0.15, 0.2) is 12.7 Å². The zero-order valence-corrected chi connectivity index (χ0v) is 12.2. The van der Waals surface area contributed by atoms with Crippen molar-refractivity contribution >= 4 is 0 Å². The Morgan fingerprint density at radius 1 is 1.11 bits per heavy atom. The minimum Gasteiger partial charge on any atom is -0.383 e. The van der Waals surface area contributed by atoms with Gasteiger partial charge in [-0.3, -0.25) is 0 Å². The van der Waals surface area contributed by atoms with Gasteiger partial charge in [0.25, 0.3) is 0 Å². The largest absolute Gasteiger partial charge is 0.383 e. The molecule has 0 bridgehead atoms. The van der Waals surface area contributed by atoms with Crippen molar-refractivity contribution < 1.29 is 14.2 Å². The molecule has 0 fully saturated rings. The van der Waals surface area contributed by atoms with E-state index in [-0.39, 0.29) is 5.41 Å². The second-order valence-electron chi connectivity index (χ2n) is 4.74. The molecule has 1 unspecified atom stereocenters. The van der Waals surface area contributed by atoms with Gasteiger partial charge in [-0.2, -0.15) is 0 Å². The first-order valence-electron chi connectivity index (χ1n) is 6.58. The molecule has 1 atom stereocenters. The first-order chi connectivity index (χ1) is 8.68. The Kier molecular flexibility index (Phi) is 11.4. The van der Waals surface area contributed by atoms with Crippen LogP contribution in [-0.2, 0) is 14.2 Å². The third-order valence-corrected chi connectivity index (χ3v) is 2.97. The summed E-state index contributed by atoms with van der Waals surface area (Å²) in [6.07, 6.45) is 4.14. The van der Waals surface area contributed by atoms with Gasteiger partial charge >= 0.3 is 0 Å². The Bertz CT molecular complexity index is 199. The third-order valence-electron chi connectivity index (χ3n) is 2.97. The van der Waals surface area contributed by atoms with Crippen LogP contribution in [-0.4, -0.2) is 53.7 Å². The third kappa shape index (κ3) is 9.59. The van der Waals surface area contributed by atoms with Crippen molar-refractivity contribution in [2.75, 3.05) is 53.7 Å². The highest BCUT2D eigenvalue weighted by atomic mass is 16.5. The molecule has 0 amide bonds. The van der Waals surface area contributed by atoms with Crippen molar-refractivity contribution in [3.05, 3.63) is 12.7 Å². The summed E-state index contributed by atoms with van der Waals surface area (Å²) in [5.74, 6) is 0. The monoisotopic (exact) mass is 259 g/mol. The van der Waals surface area contributed by atoms with E-state index >= 15 is 0 Å². The fraction of sp³-hybridized carbons (Fsp3) is 0.857. The highest BCUT2D eigenvalue weighted by molar-refractivity contribution is 4.92. The van der Waals surface area contributed by atoms with Gasteiger partial charge in [-0.1, -0.05) is 13.0 Å². The van der Waals surface area contributed by atoms with Crippen LogP contribution in [0.4, 0.5) is 0 Å². The first-order valence-corrected chi connectivity index (χ1v) is 6.58. The molecule has 0 saturated carbocycles. The lowest BCUT2D eigenvalue weighted by Crippen LogP contribution is -2.32. The number of hydrogen-bond acceptors (Lipinski definition) is 4. The Morgan fingerprint density at radius 3 is 2.44 bits per heavy atom. The maximum Gasteiger partial charge on any atom is 0.0700 e. The van der Waals surface area contributed by atoms with E-state index in [4.69, 9.17) is 14.2 Å². The highest BCUT2D eigenvalue weighted by Crippen LogP contribution is 2.23. The summed E-state index contributed by atoms with van der Waals surface area (Å²) in [6, 6.07) is 0. The summed E-state index contributed by atoms with van der Waals surface area (Å²) in [5, 5.41) is 3.38. The molecule has 0 saturated heterocycles. The summed E-state index contributed by atoms with van der Waals surface area (Å²) in [4.78, 5) is 0. The molecule has 0 aliphatic carbocycles. The van der Waals surface area contributed by atoms with E-state index in [1.165, 1.54) is 0 Å². The molecule has 0 spiro atoms. The quantitative estimate of drug-likeness (QED) is 0.405. The van der Waals surface area contributed by atoms with Crippen molar-refractivity contribution in [1.82, 2.24) is 5.32 Å². The van der Waals surface area contributed by atoms with Crippen LogP contribution >= 0.6 is 0 Å². The van der Waals surface area contributed by atoms with Crippen molar-refractivity contribution in [3.63, 3.8) is 0 Å². The lowest BCUT2D eigenvalue weighted by Gasteiger charge is -2.26. The molecule has 4 heteroatoms. The Morgan fingerprint density at radius 2 is 1.83 bits per heavy atom. The second-order valence-corrected chi connectivity index (χ2v) is 4.74. The van der Waals surface area contributed by atoms with E-state index in [1.54, 1.807) is 14.2 Å². The second kappa shape index (κ2) is 11.7. The average Bonchev–Trinajstić information content (AvgIpc) is 2.39. The standard InChI is InChI=1S/C14H29NO3/c1-5-14(2,13-15-8-10-16-3)7-6-9-18-12-11-17-4/h5,15H,1,6-13H2,2-4H3. The number of methoxy groups -OCH3 is 2. The average molecular weight is 259 g/mol. The van der Waals surface area contributed by atoms with E-state index in [1.807, 2.05) is 6.08 Å². The Hall–Kier alpha value is -0.420. The Labute approximate surface area is 112 Å². The van der Waals surface area contributed by atoms with Crippen LogP contribution in [0.2, 0.25) is 0 Å². The SMILES string of the molecule is C=CC(C)(CCCOCCOC)CNCCOC. The van der Waals surface area contributed by atoms with E-state index in [0.717, 1.165) is 39.1 Å². The van der Waals surface area contributed by atoms with Crippen molar-refractivity contribution in [3.8, 4) is 0 Å². The van der Waals surface area contributed by atoms with Crippen LogP contribution in [0.5, 0.6) is 0 Å². The summed E-state index contributed by atoms with van der Waals surface area (Å²) in [7, 11) is 3.40. The van der Waals surface area contributed by atoms with Gasteiger partial charge in [0.2, 0.25) is 0 Å². The van der Waals surface area contributed by atoms with E-state index in [9.17, 15) is 0 Å². The zero-order chi connectivity index (χ0) is 13.7. The maximum atomic E-state index is 5.46.